The first-order chi connectivity index (χ1) is 8.54. The highest BCUT2D eigenvalue weighted by Gasteiger charge is 2.11. The highest BCUT2D eigenvalue weighted by atomic mass is 14.5. The highest BCUT2D eigenvalue weighted by Crippen LogP contribution is 2.23. The van der Waals surface area contributed by atoms with Gasteiger partial charge in [-0.3, -0.25) is 0 Å². The van der Waals surface area contributed by atoms with Gasteiger partial charge in [0.15, 0.2) is 0 Å². The molecule has 0 aromatic heterocycles. The first-order valence-corrected chi connectivity index (χ1v) is 7.39. The second-order valence-electron chi connectivity index (χ2n) is 5.82. The molecule has 0 aliphatic carbocycles. The normalized spacial score (nSPS) is 14.4. The molecule has 1 heteroatoms. The molecule has 0 heterocycles. The van der Waals surface area contributed by atoms with E-state index in [-0.39, 0.29) is 0 Å². The van der Waals surface area contributed by atoms with Gasteiger partial charge in [0, 0.05) is 5.69 Å². The van der Waals surface area contributed by atoms with Gasteiger partial charge in [-0.25, -0.2) is 0 Å². The highest BCUT2D eigenvalue weighted by molar-refractivity contribution is 5.44. The molecule has 2 N–H and O–H groups in total. The third-order valence-corrected chi connectivity index (χ3v) is 4.19. The Morgan fingerprint density at radius 1 is 1.11 bits per heavy atom. The van der Waals surface area contributed by atoms with E-state index in [4.69, 9.17) is 5.73 Å². The van der Waals surface area contributed by atoms with Crippen LogP contribution in [0.4, 0.5) is 5.69 Å². The number of nitrogens with two attached hydrogens (primary N) is 1. The van der Waals surface area contributed by atoms with E-state index in [2.05, 4.69) is 39.8 Å². The van der Waals surface area contributed by atoms with Crippen LogP contribution >= 0.6 is 0 Å². The topological polar surface area (TPSA) is 26.0 Å². The maximum atomic E-state index is 5.78. The van der Waals surface area contributed by atoms with Crippen LogP contribution in [0.2, 0.25) is 0 Å². The van der Waals surface area contributed by atoms with E-state index in [9.17, 15) is 0 Å². The van der Waals surface area contributed by atoms with Crippen molar-refractivity contribution in [1.29, 1.82) is 0 Å². The maximum Gasteiger partial charge on any atom is 0.0316 e. The smallest absolute Gasteiger partial charge is 0.0316 e. The minimum Gasteiger partial charge on any atom is -0.399 e. The molecular weight excluding hydrogens is 218 g/mol. The van der Waals surface area contributed by atoms with Crippen LogP contribution in [0.1, 0.15) is 57.6 Å². The fourth-order valence-electron chi connectivity index (χ4n) is 2.64. The SMILES string of the molecule is CCCC(C)C(C)CCCc1ccc(N)cc1C. The fourth-order valence-corrected chi connectivity index (χ4v) is 2.64. The molecule has 1 rings (SSSR count). The molecule has 1 aromatic carbocycles. The fraction of sp³-hybridized carbons (Fsp3) is 0.647. The molecule has 0 amide bonds. The summed E-state index contributed by atoms with van der Waals surface area (Å²) < 4.78 is 0. The Hall–Kier alpha value is -0.980. The molecule has 0 radical (unpaired) electrons. The molecule has 0 bridgehead atoms. The largest absolute Gasteiger partial charge is 0.399 e. The summed E-state index contributed by atoms with van der Waals surface area (Å²) in [7, 11) is 0. The summed E-state index contributed by atoms with van der Waals surface area (Å²) in [6, 6.07) is 6.29. The molecule has 102 valence electrons. The summed E-state index contributed by atoms with van der Waals surface area (Å²) >= 11 is 0. The number of hydrogen-bond donors (Lipinski definition) is 1. The Morgan fingerprint density at radius 2 is 1.78 bits per heavy atom. The maximum absolute atomic E-state index is 5.78. The number of hydrogen-bond acceptors (Lipinski definition) is 1. The first-order valence-electron chi connectivity index (χ1n) is 7.39. The van der Waals surface area contributed by atoms with Crippen LogP contribution in [0.25, 0.3) is 0 Å². The lowest BCUT2D eigenvalue weighted by atomic mass is 9.87. The Bertz CT molecular complexity index is 357. The van der Waals surface area contributed by atoms with Crippen molar-refractivity contribution in [1.82, 2.24) is 0 Å². The minimum atomic E-state index is 0.846. The molecule has 18 heavy (non-hydrogen) atoms. The van der Waals surface area contributed by atoms with Crippen molar-refractivity contribution in [2.75, 3.05) is 5.73 Å². The van der Waals surface area contributed by atoms with Crippen molar-refractivity contribution in [3.05, 3.63) is 29.3 Å². The average molecular weight is 247 g/mol. The standard InChI is InChI=1S/C17H29N/c1-5-7-13(2)14(3)8-6-9-16-10-11-17(18)12-15(16)4/h10-14H,5-9,18H2,1-4H3. The molecule has 1 aromatic rings. The predicted octanol–water partition coefficient (Wildman–Crippen LogP) is 4.97. The van der Waals surface area contributed by atoms with E-state index >= 15 is 0 Å². The molecule has 0 spiro atoms. The Kier molecular flexibility index (Phi) is 6.24. The van der Waals surface area contributed by atoms with Gasteiger partial charge in [0.1, 0.15) is 0 Å². The van der Waals surface area contributed by atoms with Gasteiger partial charge in [0.05, 0.1) is 0 Å². The second kappa shape index (κ2) is 7.45. The van der Waals surface area contributed by atoms with Gasteiger partial charge in [-0.1, -0.05) is 46.1 Å². The minimum absolute atomic E-state index is 0.846. The first kappa shape index (κ1) is 15.1. The van der Waals surface area contributed by atoms with E-state index in [1.807, 2.05) is 6.07 Å². The summed E-state index contributed by atoms with van der Waals surface area (Å²) in [6.07, 6.45) is 6.49. The van der Waals surface area contributed by atoms with Crippen LogP contribution in [0, 0.1) is 18.8 Å². The Labute approximate surface area is 113 Å². The van der Waals surface area contributed by atoms with E-state index in [0.717, 1.165) is 17.5 Å². The number of benzene rings is 1. The zero-order valence-electron chi connectivity index (χ0n) is 12.5. The van der Waals surface area contributed by atoms with Crippen molar-refractivity contribution in [3.63, 3.8) is 0 Å². The van der Waals surface area contributed by atoms with E-state index in [0.29, 0.717) is 0 Å². The van der Waals surface area contributed by atoms with Crippen LogP contribution in [0.5, 0.6) is 0 Å². The van der Waals surface area contributed by atoms with Crippen molar-refractivity contribution in [3.8, 4) is 0 Å². The van der Waals surface area contributed by atoms with Gasteiger partial charge in [-0.2, -0.15) is 0 Å². The Balaban J connectivity index is 2.37. The number of nitrogen functional groups attached to an aromatic ring is 1. The molecule has 0 saturated carbocycles. The van der Waals surface area contributed by atoms with Crippen molar-refractivity contribution in [2.24, 2.45) is 11.8 Å². The molecule has 0 fully saturated rings. The number of anilines is 1. The van der Waals surface area contributed by atoms with Crippen molar-refractivity contribution < 1.29 is 0 Å². The van der Waals surface area contributed by atoms with E-state index in [1.165, 1.54) is 43.2 Å². The second-order valence-corrected chi connectivity index (χ2v) is 5.82. The van der Waals surface area contributed by atoms with Crippen molar-refractivity contribution >= 4 is 5.69 Å². The molecular formula is C17H29N. The average Bonchev–Trinajstić information content (AvgIpc) is 2.32. The van der Waals surface area contributed by atoms with Crippen LogP contribution < -0.4 is 5.73 Å². The lowest BCUT2D eigenvalue weighted by Crippen LogP contribution is -2.08. The van der Waals surface area contributed by atoms with Gasteiger partial charge >= 0.3 is 0 Å². The summed E-state index contributed by atoms with van der Waals surface area (Å²) in [5.74, 6) is 1.71. The zero-order chi connectivity index (χ0) is 13.5. The van der Waals surface area contributed by atoms with Crippen LogP contribution in [-0.4, -0.2) is 0 Å². The number of rotatable bonds is 7. The third-order valence-electron chi connectivity index (χ3n) is 4.19. The van der Waals surface area contributed by atoms with Gasteiger partial charge < -0.3 is 5.73 Å². The van der Waals surface area contributed by atoms with Crippen molar-refractivity contribution in [2.45, 2.75) is 59.8 Å². The summed E-state index contributed by atoms with van der Waals surface area (Å²) in [6.45, 7) is 9.23. The van der Waals surface area contributed by atoms with E-state index < -0.39 is 0 Å². The Morgan fingerprint density at radius 3 is 2.39 bits per heavy atom. The van der Waals surface area contributed by atoms with Gasteiger partial charge in [-0.05, 0) is 54.9 Å². The van der Waals surface area contributed by atoms with Crippen LogP contribution in [-0.2, 0) is 6.42 Å². The lowest BCUT2D eigenvalue weighted by molar-refractivity contribution is 0.335. The van der Waals surface area contributed by atoms with Crippen LogP contribution in [0.3, 0.4) is 0 Å². The molecule has 0 aliphatic heterocycles. The monoisotopic (exact) mass is 247 g/mol. The van der Waals surface area contributed by atoms with Gasteiger partial charge in [0.25, 0.3) is 0 Å². The summed E-state index contributed by atoms with van der Waals surface area (Å²) in [4.78, 5) is 0. The predicted molar refractivity (Wildman–Crippen MR) is 81.8 cm³/mol. The number of aryl methyl sites for hydroxylation is 2. The molecule has 2 atom stereocenters. The summed E-state index contributed by atoms with van der Waals surface area (Å²) in [5, 5.41) is 0. The lowest BCUT2D eigenvalue weighted by Gasteiger charge is -2.19. The summed E-state index contributed by atoms with van der Waals surface area (Å²) in [5.41, 5.74) is 9.45. The molecule has 2 unspecified atom stereocenters. The van der Waals surface area contributed by atoms with Gasteiger partial charge in [0.2, 0.25) is 0 Å². The molecule has 1 nitrogen and oxygen atoms in total. The van der Waals surface area contributed by atoms with Crippen LogP contribution in [0.15, 0.2) is 18.2 Å². The molecule has 0 saturated heterocycles. The quantitative estimate of drug-likeness (QED) is 0.676. The van der Waals surface area contributed by atoms with Gasteiger partial charge in [-0.15, -0.1) is 0 Å². The van der Waals surface area contributed by atoms with E-state index in [1.54, 1.807) is 0 Å². The third kappa shape index (κ3) is 4.72. The zero-order valence-corrected chi connectivity index (χ0v) is 12.5. The molecule has 0 aliphatic rings.